The fraction of sp³-hybridized carbons (Fsp3) is 0.667. The Labute approximate surface area is 96.5 Å². The SMILES string of the molecule is CCCCC(CC)Cn1nc(N)ccc1=O. The average molecular weight is 223 g/mol. The summed E-state index contributed by atoms with van der Waals surface area (Å²) in [6.45, 7) is 5.01. The van der Waals surface area contributed by atoms with Gasteiger partial charge in [0.25, 0.3) is 5.56 Å². The summed E-state index contributed by atoms with van der Waals surface area (Å²) in [5.74, 6) is 0.928. The third-order valence-corrected chi connectivity index (χ3v) is 2.86. The predicted molar refractivity (Wildman–Crippen MR) is 66.2 cm³/mol. The molecule has 0 fully saturated rings. The Morgan fingerprint density at radius 3 is 2.81 bits per heavy atom. The molecule has 0 saturated heterocycles. The van der Waals surface area contributed by atoms with E-state index in [1.165, 1.54) is 23.6 Å². The number of nitrogen functional groups attached to an aromatic ring is 1. The van der Waals surface area contributed by atoms with Gasteiger partial charge in [-0.2, -0.15) is 5.10 Å². The average Bonchev–Trinajstić information content (AvgIpc) is 2.28. The van der Waals surface area contributed by atoms with Gasteiger partial charge in [-0.3, -0.25) is 4.79 Å². The Morgan fingerprint density at radius 2 is 2.19 bits per heavy atom. The Morgan fingerprint density at radius 1 is 1.44 bits per heavy atom. The molecule has 1 atom stereocenters. The molecule has 1 aromatic heterocycles. The molecular weight excluding hydrogens is 202 g/mol. The van der Waals surface area contributed by atoms with Gasteiger partial charge in [-0.25, -0.2) is 4.68 Å². The van der Waals surface area contributed by atoms with Crippen LogP contribution in [0.1, 0.15) is 39.5 Å². The molecule has 0 bridgehead atoms. The van der Waals surface area contributed by atoms with Gasteiger partial charge in [0.1, 0.15) is 5.82 Å². The minimum atomic E-state index is -0.0656. The van der Waals surface area contributed by atoms with Crippen LogP contribution in [0.4, 0.5) is 5.82 Å². The van der Waals surface area contributed by atoms with E-state index < -0.39 is 0 Å². The van der Waals surface area contributed by atoms with Crippen molar-refractivity contribution in [1.82, 2.24) is 9.78 Å². The minimum absolute atomic E-state index is 0.0656. The summed E-state index contributed by atoms with van der Waals surface area (Å²) in [7, 11) is 0. The van der Waals surface area contributed by atoms with Crippen molar-refractivity contribution in [2.24, 2.45) is 5.92 Å². The lowest BCUT2D eigenvalue weighted by atomic mass is 9.99. The Bertz CT molecular complexity index is 373. The van der Waals surface area contributed by atoms with Gasteiger partial charge in [0.05, 0.1) is 0 Å². The molecular formula is C12H21N3O. The highest BCUT2D eigenvalue weighted by Crippen LogP contribution is 2.13. The maximum absolute atomic E-state index is 11.5. The van der Waals surface area contributed by atoms with Crippen LogP contribution in [0.2, 0.25) is 0 Å². The number of hydrogen-bond acceptors (Lipinski definition) is 3. The first kappa shape index (κ1) is 12.7. The van der Waals surface area contributed by atoms with Crippen LogP contribution in [0.15, 0.2) is 16.9 Å². The van der Waals surface area contributed by atoms with Crippen LogP contribution < -0.4 is 11.3 Å². The van der Waals surface area contributed by atoms with Crippen molar-refractivity contribution in [1.29, 1.82) is 0 Å². The number of hydrogen-bond donors (Lipinski definition) is 1. The highest BCUT2D eigenvalue weighted by molar-refractivity contribution is 5.23. The van der Waals surface area contributed by atoms with Gasteiger partial charge in [0.15, 0.2) is 0 Å². The molecule has 1 unspecified atom stereocenters. The van der Waals surface area contributed by atoms with Crippen LogP contribution in [-0.4, -0.2) is 9.78 Å². The van der Waals surface area contributed by atoms with E-state index in [0.29, 0.717) is 18.3 Å². The van der Waals surface area contributed by atoms with Crippen LogP contribution in [0.25, 0.3) is 0 Å². The van der Waals surface area contributed by atoms with Gasteiger partial charge in [-0.05, 0) is 18.4 Å². The van der Waals surface area contributed by atoms with E-state index in [0.717, 1.165) is 12.8 Å². The van der Waals surface area contributed by atoms with Crippen LogP contribution >= 0.6 is 0 Å². The third-order valence-electron chi connectivity index (χ3n) is 2.86. The molecule has 0 aliphatic rings. The Balaban J connectivity index is 2.69. The number of anilines is 1. The third kappa shape index (κ3) is 3.68. The van der Waals surface area contributed by atoms with Crippen LogP contribution in [-0.2, 0) is 6.54 Å². The normalized spacial score (nSPS) is 12.6. The molecule has 0 aliphatic heterocycles. The van der Waals surface area contributed by atoms with Crippen molar-refractivity contribution in [3.05, 3.63) is 22.5 Å². The summed E-state index contributed by atoms with van der Waals surface area (Å²) in [6, 6.07) is 3.03. The van der Waals surface area contributed by atoms with Gasteiger partial charge < -0.3 is 5.73 Å². The molecule has 2 N–H and O–H groups in total. The molecule has 0 spiro atoms. The largest absolute Gasteiger partial charge is 0.382 e. The topological polar surface area (TPSA) is 60.9 Å². The second kappa shape index (κ2) is 6.30. The van der Waals surface area contributed by atoms with E-state index in [9.17, 15) is 4.79 Å². The van der Waals surface area contributed by atoms with E-state index in [1.54, 1.807) is 6.07 Å². The molecule has 0 saturated carbocycles. The zero-order chi connectivity index (χ0) is 12.0. The molecule has 0 radical (unpaired) electrons. The molecule has 1 rings (SSSR count). The van der Waals surface area contributed by atoms with Crippen LogP contribution in [0.3, 0.4) is 0 Å². The first-order valence-corrected chi connectivity index (χ1v) is 6.01. The fourth-order valence-electron chi connectivity index (χ4n) is 1.76. The fourth-order valence-corrected chi connectivity index (χ4v) is 1.76. The molecule has 1 heterocycles. The molecule has 0 aliphatic carbocycles. The Hall–Kier alpha value is -1.32. The number of nitrogens with two attached hydrogens (primary N) is 1. The second-order valence-corrected chi connectivity index (χ2v) is 4.20. The zero-order valence-electron chi connectivity index (χ0n) is 10.1. The van der Waals surface area contributed by atoms with Crippen molar-refractivity contribution in [2.45, 2.75) is 46.1 Å². The lowest BCUT2D eigenvalue weighted by molar-refractivity contribution is 0.364. The first-order chi connectivity index (χ1) is 7.67. The zero-order valence-corrected chi connectivity index (χ0v) is 10.1. The summed E-state index contributed by atoms with van der Waals surface area (Å²) in [6.07, 6.45) is 4.62. The summed E-state index contributed by atoms with van der Waals surface area (Å²) < 4.78 is 1.49. The number of aromatic nitrogens is 2. The maximum Gasteiger partial charge on any atom is 0.266 e. The van der Waals surface area contributed by atoms with Crippen molar-refractivity contribution in [2.75, 3.05) is 5.73 Å². The monoisotopic (exact) mass is 223 g/mol. The van der Waals surface area contributed by atoms with Crippen molar-refractivity contribution >= 4 is 5.82 Å². The molecule has 16 heavy (non-hydrogen) atoms. The quantitative estimate of drug-likeness (QED) is 0.802. The van der Waals surface area contributed by atoms with Gasteiger partial charge in [0.2, 0.25) is 0 Å². The highest BCUT2D eigenvalue weighted by atomic mass is 16.1. The summed E-state index contributed by atoms with van der Waals surface area (Å²) in [4.78, 5) is 11.5. The lowest BCUT2D eigenvalue weighted by Gasteiger charge is -2.15. The summed E-state index contributed by atoms with van der Waals surface area (Å²) in [5.41, 5.74) is 5.51. The molecule has 0 amide bonds. The maximum atomic E-state index is 11.5. The number of nitrogens with zero attached hydrogens (tertiary/aromatic N) is 2. The second-order valence-electron chi connectivity index (χ2n) is 4.20. The molecule has 4 heteroatoms. The number of unbranched alkanes of at least 4 members (excludes halogenated alkanes) is 1. The molecule has 0 aromatic carbocycles. The first-order valence-electron chi connectivity index (χ1n) is 6.01. The van der Waals surface area contributed by atoms with Gasteiger partial charge >= 0.3 is 0 Å². The van der Waals surface area contributed by atoms with Crippen LogP contribution in [0.5, 0.6) is 0 Å². The van der Waals surface area contributed by atoms with E-state index >= 15 is 0 Å². The van der Waals surface area contributed by atoms with Crippen molar-refractivity contribution in [3.63, 3.8) is 0 Å². The molecule has 4 nitrogen and oxygen atoms in total. The smallest absolute Gasteiger partial charge is 0.266 e. The number of rotatable bonds is 6. The van der Waals surface area contributed by atoms with E-state index in [4.69, 9.17) is 5.73 Å². The molecule has 1 aromatic rings. The minimum Gasteiger partial charge on any atom is -0.382 e. The van der Waals surface area contributed by atoms with Gasteiger partial charge in [-0.1, -0.05) is 33.1 Å². The Kier molecular flexibility index (Phi) is 5.02. The lowest BCUT2D eigenvalue weighted by Crippen LogP contribution is -2.26. The van der Waals surface area contributed by atoms with Crippen molar-refractivity contribution < 1.29 is 0 Å². The predicted octanol–water partition coefficient (Wildman–Crippen LogP) is 2.04. The summed E-state index contributed by atoms with van der Waals surface area (Å²) in [5, 5.41) is 4.05. The van der Waals surface area contributed by atoms with Crippen molar-refractivity contribution in [3.8, 4) is 0 Å². The summed E-state index contributed by atoms with van der Waals surface area (Å²) >= 11 is 0. The van der Waals surface area contributed by atoms with E-state index in [1.807, 2.05) is 0 Å². The van der Waals surface area contributed by atoms with E-state index in [-0.39, 0.29) is 5.56 Å². The standard InChI is InChI=1S/C12H21N3O/c1-3-5-6-10(4-2)9-15-12(16)8-7-11(13)14-15/h7-8,10H,3-6,9H2,1-2H3,(H2,13,14). The van der Waals surface area contributed by atoms with Crippen LogP contribution in [0, 0.1) is 5.92 Å². The highest BCUT2D eigenvalue weighted by Gasteiger charge is 2.08. The van der Waals surface area contributed by atoms with Gasteiger partial charge in [-0.15, -0.1) is 0 Å². The molecule has 90 valence electrons. The van der Waals surface area contributed by atoms with E-state index in [2.05, 4.69) is 18.9 Å². The van der Waals surface area contributed by atoms with Gasteiger partial charge in [0, 0.05) is 12.6 Å².